The molecule has 1 amide bonds. The summed E-state index contributed by atoms with van der Waals surface area (Å²) in [4.78, 5) is 14.6. The molecule has 0 bridgehead atoms. The Morgan fingerprint density at radius 3 is 1.08 bits per heavy atom. The van der Waals surface area contributed by atoms with Gasteiger partial charge in [-0.3, -0.25) is 4.79 Å². The van der Waals surface area contributed by atoms with E-state index in [1.54, 1.807) is 11.8 Å². The number of amides is 1. The lowest BCUT2D eigenvalue weighted by molar-refractivity contribution is -0.118. The fourth-order valence-electron chi connectivity index (χ4n) is 7.74. The molecule has 0 aliphatic heterocycles. The molecule has 0 spiro atoms. The lowest BCUT2D eigenvalue weighted by atomic mass is 9.89. The van der Waals surface area contributed by atoms with Crippen LogP contribution < -0.4 is 5.32 Å². The van der Waals surface area contributed by atoms with Crippen molar-refractivity contribution in [2.45, 2.75) is 245 Å². The van der Waals surface area contributed by atoms with Crippen LogP contribution in [0.15, 0.2) is 0 Å². The first-order chi connectivity index (χ1) is 24.7. The number of thioether (sulfide) groups is 1. The first-order valence-electron chi connectivity index (χ1n) is 23.2. The van der Waals surface area contributed by atoms with Crippen molar-refractivity contribution >= 4 is 17.7 Å². The lowest BCUT2D eigenvalue weighted by Crippen LogP contribution is -2.32. The molecule has 0 heterocycles. The van der Waals surface area contributed by atoms with Gasteiger partial charge in [-0.2, -0.15) is 11.8 Å². The predicted octanol–water partition coefficient (Wildman–Crippen LogP) is 15.1. The zero-order chi connectivity index (χ0) is 36.4. The van der Waals surface area contributed by atoms with Crippen molar-refractivity contribution in [1.82, 2.24) is 10.2 Å². The Labute approximate surface area is 321 Å². The Kier molecular flexibility index (Phi) is 43.0. The maximum atomic E-state index is 11.9. The maximum Gasteiger partial charge on any atom is 0.229 e. The molecular weight excluding hydrogens is 629 g/mol. The number of nitrogens with zero attached hydrogens (tertiary/aromatic N) is 1. The standard InChI is InChI=1S/C46H94N2OS/c1-5-8-11-14-17-18-19-20-21-22-23-24-29-34-41-48(43-36-40-47-46(49)44-50-4)42-35-30-25-28-33-39-45(37-31-26-15-12-9-6-2)38-32-27-16-13-10-7-3/h45H,5-44H2,1-4H3,(H,47,49). The molecule has 0 radical (unpaired) electrons. The van der Waals surface area contributed by atoms with Crippen LogP contribution in [0.1, 0.15) is 245 Å². The highest BCUT2D eigenvalue weighted by molar-refractivity contribution is 7.99. The van der Waals surface area contributed by atoms with E-state index in [0.29, 0.717) is 5.75 Å². The van der Waals surface area contributed by atoms with Crippen LogP contribution in [0.5, 0.6) is 0 Å². The van der Waals surface area contributed by atoms with Crippen molar-refractivity contribution < 1.29 is 4.79 Å². The average molecular weight is 723 g/mol. The fraction of sp³-hybridized carbons (Fsp3) is 0.978. The molecule has 0 saturated carbocycles. The van der Waals surface area contributed by atoms with Gasteiger partial charge in [-0.1, -0.05) is 226 Å². The molecular formula is C46H94N2OS. The van der Waals surface area contributed by atoms with Crippen LogP contribution in [-0.2, 0) is 4.79 Å². The number of hydrogen-bond donors (Lipinski definition) is 1. The first kappa shape index (κ1) is 49.8. The van der Waals surface area contributed by atoms with E-state index in [2.05, 4.69) is 31.0 Å². The number of nitrogens with one attached hydrogen (secondary N) is 1. The SMILES string of the molecule is CCCCCCCCCCCCCCCCN(CCCCCCCC(CCCCCCCC)CCCCCCCC)CCCNC(=O)CSC. The normalized spacial score (nSPS) is 11.7. The molecule has 0 aliphatic carbocycles. The molecule has 0 aromatic heterocycles. The van der Waals surface area contributed by atoms with Crippen molar-refractivity contribution in [1.29, 1.82) is 0 Å². The van der Waals surface area contributed by atoms with Gasteiger partial charge in [-0.05, 0) is 51.1 Å². The van der Waals surface area contributed by atoms with Crippen LogP contribution in [0, 0.1) is 5.92 Å². The summed E-state index contributed by atoms with van der Waals surface area (Å²) < 4.78 is 0. The Hall–Kier alpha value is -0.220. The van der Waals surface area contributed by atoms with Crippen molar-refractivity contribution in [2.75, 3.05) is 38.2 Å². The van der Waals surface area contributed by atoms with Gasteiger partial charge in [-0.15, -0.1) is 0 Å². The third-order valence-electron chi connectivity index (χ3n) is 11.1. The van der Waals surface area contributed by atoms with Gasteiger partial charge in [0.15, 0.2) is 0 Å². The second-order valence-corrected chi connectivity index (χ2v) is 17.0. The zero-order valence-electron chi connectivity index (χ0n) is 35.1. The van der Waals surface area contributed by atoms with Gasteiger partial charge in [-0.25, -0.2) is 0 Å². The zero-order valence-corrected chi connectivity index (χ0v) is 35.9. The molecule has 1 N–H and O–H groups in total. The summed E-state index contributed by atoms with van der Waals surface area (Å²) in [5.74, 6) is 1.77. The highest BCUT2D eigenvalue weighted by Crippen LogP contribution is 2.25. The van der Waals surface area contributed by atoms with Crippen LogP contribution in [0.4, 0.5) is 0 Å². The van der Waals surface area contributed by atoms with E-state index in [1.807, 2.05) is 6.26 Å². The fourth-order valence-corrected chi connectivity index (χ4v) is 8.10. The molecule has 0 aromatic rings. The van der Waals surface area contributed by atoms with Gasteiger partial charge in [0.25, 0.3) is 0 Å². The van der Waals surface area contributed by atoms with E-state index >= 15 is 0 Å². The van der Waals surface area contributed by atoms with Crippen LogP contribution in [-0.4, -0.2) is 49.0 Å². The third kappa shape index (κ3) is 39.0. The number of rotatable bonds is 43. The smallest absolute Gasteiger partial charge is 0.229 e. The predicted molar refractivity (Wildman–Crippen MR) is 230 cm³/mol. The third-order valence-corrected chi connectivity index (χ3v) is 11.6. The van der Waals surface area contributed by atoms with E-state index in [4.69, 9.17) is 0 Å². The first-order valence-corrected chi connectivity index (χ1v) is 24.5. The molecule has 0 saturated heterocycles. The van der Waals surface area contributed by atoms with Crippen molar-refractivity contribution in [3.8, 4) is 0 Å². The van der Waals surface area contributed by atoms with Gasteiger partial charge in [0.2, 0.25) is 5.91 Å². The quantitative estimate of drug-likeness (QED) is 0.0636. The molecule has 0 fully saturated rings. The van der Waals surface area contributed by atoms with Gasteiger partial charge < -0.3 is 10.2 Å². The van der Waals surface area contributed by atoms with Crippen molar-refractivity contribution in [3.63, 3.8) is 0 Å². The van der Waals surface area contributed by atoms with Crippen LogP contribution in [0.3, 0.4) is 0 Å². The topological polar surface area (TPSA) is 32.3 Å². The number of carbonyl (C=O) groups is 1. The second-order valence-electron chi connectivity index (χ2n) is 16.1. The molecule has 0 atom stereocenters. The summed E-state index contributed by atoms with van der Waals surface area (Å²) in [6.45, 7) is 11.4. The molecule has 0 rings (SSSR count). The van der Waals surface area contributed by atoms with Crippen LogP contribution in [0.2, 0.25) is 0 Å². The average Bonchev–Trinajstić information content (AvgIpc) is 3.12. The minimum atomic E-state index is 0.192. The number of hydrogen-bond acceptors (Lipinski definition) is 3. The highest BCUT2D eigenvalue weighted by Gasteiger charge is 2.10. The second kappa shape index (κ2) is 43.2. The van der Waals surface area contributed by atoms with E-state index in [0.717, 1.165) is 25.4 Å². The summed E-state index contributed by atoms with van der Waals surface area (Å²) in [7, 11) is 0. The molecule has 0 aliphatic rings. The van der Waals surface area contributed by atoms with E-state index in [-0.39, 0.29) is 5.91 Å². The van der Waals surface area contributed by atoms with E-state index in [1.165, 1.54) is 231 Å². The monoisotopic (exact) mass is 723 g/mol. The number of carbonyl (C=O) groups excluding carboxylic acids is 1. The molecule has 3 nitrogen and oxygen atoms in total. The van der Waals surface area contributed by atoms with Crippen molar-refractivity contribution in [2.24, 2.45) is 5.92 Å². The molecule has 4 heteroatoms. The van der Waals surface area contributed by atoms with E-state index in [9.17, 15) is 4.79 Å². The van der Waals surface area contributed by atoms with Gasteiger partial charge >= 0.3 is 0 Å². The number of unbranched alkanes of at least 4 members (excludes halogenated alkanes) is 27. The Balaban J connectivity index is 4.26. The summed E-state index contributed by atoms with van der Waals surface area (Å²) in [6, 6.07) is 0. The minimum Gasteiger partial charge on any atom is -0.355 e. The lowest BCUT2D eigenvalue weighted by Gasteiger charge is -2.22. The molecule has 0 aromatic carbocycles. The molecule has 50 heavy (non-hydrogen) atoms. The van der Waals surface area contributed by atoms with E-state index < -0.39 is 0 Å². The van der Waals surface area contributed by atoms with Crippen LogP contribution >= 0.6 is 11.8 Å². The maximum absolute atomic E-state index is 11.9. The molecule has 0 unspecified atom stereocenters. The molecule has 300 valence electrons. The van der Waals surface area contributed by atoms with Crippen LogP contribution in [0.25, 0.3) is 0 Å². The highest BCUT2D eigenvalue weighted by atomic mass is 32.2. The largest absolute Gasteiger partial charge is 0.355 e. The Morgan fingerprint density at radius 2 is 0.740 bits per heavy atom. The van der Waals surface area contributed by atoms with Gasteiger partial charge in [0.05, 0.1) is 5.75 Å². The summed E-state index contributed by atoms with van der Waals surface area (Å²) >= 11 is 1.61. The van der Waals surface area contributed by atoms with Crippen molar-refractivity contribution in [3.05, 3.63) is 0 Å². The summed E-state index contributed by atoms with van der Waals surface area (Å²) in [5.41, 5.74) is 0. The van der Waals surface area contributed by atoms with Gasteiger partial charge in [0, 0.05) is 6.54 Å². The Morgan fingerprint density at radius 1 is 0.440 bits per heavy atom. The Bertz CT molecular complexity index is 628. The summed E-state index contributed by atoms with van der Waals surface area (Å²) in [6.07, 6.45) is 51.8. The summed E-state index contributed by atoms with van der Waals surface area (Å²) in [5, 5.41) is 3.12. The van der Waals surface area contributed by atoms with Gasteiger partial charge in [0.1, 0.15) is 0 Å². The minimum absolute atomic E-state index is 0.192.